The van der Waals surface area contributed by atoms with E-state index in [0.29, 0.717) is 37.4 Å². The Kier molecular flexibility index (Phi) is 10.9. The number of carbonyl (C=O) groups is 1. The molecule has 0 aromatic carbocycles. The van der Waals surface area contributed by atoms with Crippen molar-refractivity contribution in [3.8, 4) is 0 Å². The second kappa shape index (κ2) is 13.2. The minimum absolute atomic E-state index is 0. The molecule has 0 spiro atoms. The molecule has 1 saturated carbocycles. The van der Waals surface area contributed by atoms with Crippen LogP contribution in [-0.4, -0.2) is 73.1 Å². The van der Waals surface area contributed by atoms with Crippen molar-refractivity contribution in [1.29, 1.82) is 0 Å². The van der Waals surface area contributed by atoms with Gasteiger partial charge in [0.25, 0.3) is 0 Å². The Labute approximate surface area is 210 Å². The Balaban J connectivity index is 0.00000363. The predicted molar refractivity (Wildman–Crippen MR) is 141 cm³/mol. The first kappa shape index (κ1) is 26.6. The van der Waals surface area contributed by atoms with Gasteiger partial charge in [0.2, 0.25) is 11.9 Å². The Morgan fingerprint density at radius 3 is 2.38 bits per heavy atom. The van der Waals surface area contributed by atoms with E-state index in [0.717, 1.165) is 31.5 Å². The van der Waals surface area contributed by atoms with Crippen molar-refractivity contribution in [2.45, 2.75) is 52.4 Å². The summed E-state index contributed by atoms with van der Waals surface area (Å²) in [5.74, 6) is 2.43. The molecule has 9 heteroatoms. The maximum Gasteiger partial charge on any atom is 0.225 e. The van der Waals surface area contributed by atoms with Gasteiger partial charge in [-0.2, -0.15) is 0 Å². The fourth-order valence-corrected chi connectivity index (χ4v) is 4.99. The average molecular weight is 558 g/mol. The lowest BCUT2D eigenvalue weighted by Crippen LogP contribution is -2.50. The molecule has 2 N–H and O–H groups in total. The molecule has 0 radical (unpaired) electrons. The Bertz CT molecular complexity index is 714. The Morgan fingerprint density at radius 2 is 1.78 bits per heavy atom. The van der Waals surface area contributed by atoms with Crippen molar-refractivity contribution < 1.29 is 4.79 Å². The van der Waals surface area contributed by atoms with Gasteiger partial charge in [0, 0.05) is 65.1 Å². The lowest BCUT2D eigenvalue weighted by atomic mass is 9.78. The number of amides is 1. The molecule has 0 atom stereocenters. The number of aromatic nitrogens is 2. The van der Waals surface area contributed by atoms with Gasteiger partial charge in [-0.15, -0.1) is 24.0 Å². The molecule has 8 nitrogen and oxygen atoms in total. The number of nitrogens with one attached hydrogen (secondary N) is 2. The first-order valence-corrected chi connectivity index (χ1v) is 11.8. The zero-order valence-corrected chi connectivity index (χ0v) is 22.2. The molecule has 1 aromatic rings. The third kappa shape index (κ3) is 7.74. The monoisotopic (exact) mass is 557 g/mol. The molecular formula is C23H40IN7O. The normalized spacial score (nSPS) is 18.4. The summed E-state index contributed by atoms with van der Waals surface area (Å²) in [6.45, 7) is 9.13. The van der Waals surface area contributed by atoms with Crippen LogP contribution in [0.3, 0.4) is 0 Å². The largest absolute Gasteiger partial charge is 0.356 e. The van der Waals surface area contributed by atoms with Crippen molar-refractivity contribution in [3.05, 3.63) is 18.5 Å². The summed E-state index contributed by atoms with van der Waals surface area (Å²) in [7, 11) is 1.80. The molecule has 32 heavy (non-hydrogen) atoms. The van der Waals surface area contributed by atoms with Gasteiger partial charge >= 0.3 is 0 Å². The van der Waals surface area contributed by atoms with E-state index in [4.69, 9.17) is 0 Å². The number of anilines is 1. The second-order valence-electron chi connectivity index (χ2n) is 9.32. The lowest BCUT2D eigenvalue weighted by Gasteiger charge is -2.34. The predicted octanol–water partition coefficient (Wildman–Crippen LogP) is 2.90. The summed E-state index contributed by atoms with van der Waals surface area (Å²) < 4.78 is 0. The minimum atomic E-state index is 0. The average Bonchev–Trinajstić information content (AvgIpc) is 3.24. The number of hydrogen-bond donors (Lipinski definition) is 2. The highest BCUT2D eigenvalue weighted by Gasteiger charge is 2.34. The van der Waals surface area contributed by atoms with Gasteiger partial charge in [-0.3, -0.25) is 9.79 Å². The van der Waals surface area contributed by atoms with E-state index in [-0.39, 0.29) is 29.9 Å². The summed E-state index contributed by atoms with van der Waals surface area (Å²) in [6, 6.07) is 1.82. The molecule has 1 saturated heterocycles. The minimum Gasteiger partial charge on any atom is -0.356 e. The standard InChI is InChI=1S/C23H39N7O.HI/c1-19(2)17-23(8-4-5-9-23)18-28-21(24-3)25-12-7-20(31)29-13-15-30(16-14-29)22-26-10-6-11-27-22;/h6,10-11,19H,4-5,7-9,12-18H2,1-3H3,(H2,24,25,28);1H. The van der Waals surface area contributed by atoms with Gasteiger partial charge in [0.05, 0.1) is 0 Å². The summed E-state index contributed by atoms with van der Waals surface area (Å²) in [5, 5.41) is 6.86. The highest BCUT2D eigenvalue weighted by Crippen LogP contribution is 2.42. The first-order chi connectivity index (χ1) is 15.0. The number of carbonyl (C=O) groups excluding carboxylic acids is 1. The molecule has 2 fully saturated rings. The van der Waals surface area contributed by atoms with Crippen LogP contribution in [-0.2, 0) is 4.79 Å². The van der Waals surface area contributed by atoms with Crippen molar-refractivity contribution in [2.75, 3.05) is 51.2 Å². The molecule has 2 heterocycles. The molecule has 0 bridgehead atoms. The quantitative estimate of drug-likeness (QED) is 0.291. The van der Waals surface area contributed by atoms with Gasteiger partial charge < -0.3 is 20.4 Å². The van der Waals surface area contributed by atoms with E-state index in [9.17, 15) is 4.79 Å². The number of halogens is 1. The summed E-state index contributed by atoms with van der Waals surface area (Å²) in [5.41, 5.74) is 0.393. The van der Waals surface area contributed by atoms with Crippen LogP contribution in [0, 0.1) is 11.3 Å². The van der Waals surface area contributed by atoms with Crippen LogP contribution >= 0.6 is 24.0 Å². The molecule has 3 rings (SSSR count). The van der Waals surface area contributed by atoms with Crippen molar-refractivity contribution in [1.82, 2.24) is 25.5 Å². The number of aliphatic imine (C=N–C) groups is 1. The van der Waals surface area contributed by atoms with Gasteiger partial charge in [0.1, 0.15) is 0 Å². The summed E-state index contributed by atoms with van der Waals surface area (Å²) in [4.78, 5) is 29.7. The van der Waals surface area contributed by atoms with E-state index < -0.39 is 0 Å². The lowest BCUT2D eigenvalue weighted by molar-refractivity contribution is -0.131. The van der Waals surface area contributed by atoms with Gasteiger partial charge in [-0.1, -0.05) is 26.7 Å². The molecule has 1 aromatic heterocycles. The SMILES string of the molecule is CN=C(NCCC(=O)N1CCN(c2ncccn2)CC1)NCC1(CC(C)C)CCCC1.I. The highest BCUT2D eigenvalue weighted by molar-refractivity contribution is 14.0. The Morgan fingerprint density at radius 1 is 1.12 bits per heavy atom. The summed E-state index contributed by atoms with van der Waals surface area (Å²) in [6.07, 6.45) is 10.5. The molecule has 1 aliphatic heterocycles. The smallest absolute Gasteiger partial charge is 0.225 e. The molecular weight excluding hydrogens is 517 g/mol. The Hall–Kier alpha value is -1.65. The zero-order valence-electron chi connectivity index (χ0n) is 19.8. The molecule has 0 unspecified atom stereocenters. The second-order valence-corrected chi connectivity index (χ2v) is 9.32. The van der Waals surface area contributed by atoms with E-state index in [1.807, 2.05) is 11.0 Å². The number of hydrogen-bond acceptors (Lipinski definition) is 5. The van der Waals surface area contributed by atoms with Crippen LogP contribution in [0.5, 0.6) is 0 Å². The van der Waals surface area contributed by atoms with Crippen LogP contribution in [0.2, 0.25) is 0 Å². The number of nitrogens with zero attached hydrogens (tertiary/aromatic N) is 5. The maximum absolute atomic E-state index is 12.6. The van der Waals surface area contributed by atoms with Crippen LogP contribution in [0.1, 0.15) is 52.4 Å². The number of guanidine groups is 1. The molecule has 2 aliphatic rings. The third-order valence-electron chi connectivity index (χ3n) is 6.46. The topological polar surface area (TPSA) is 85.8 Å². The van der Waals surface area contributed by atoms with Gasteiger partial charge in [0.15, 0.2) is 5.96 Å². The van der Waals surface area contributed by atoms with Crippen LogP contribution < -0.4 is 15.5 Å². The van der Waals surface area contributed by atoms with E-state index in [1.54, 1.807) is 19.4 Å². The van der Waals surface area contributed by atoms with Crippen LogP contribution in [0.25, 0.3) is 0 Å². The fourth-order valence-electron chi connectivity index (χ4n) is 4.99. The van der Waals surface area contributed by atoms with Crippen LogP contribution in [0.15, 0.2) is 23.5 Å². The maximum atomic E-state index is 12.6. The van der Waals surface area contributed by atoms with Gasteiger partial charge in [-0.25, -0.2) is 9.97 Å². The van der Waals surface area contributed by atoms with E-state index in [2.05, 4.69) is 44.3 Å². The van der Waals surface area contributed by atoms with Crippen molar-refractivity contribution >= 4 is 41.8 Å². The van der Waals surface area contributed by atoms with E-state index >= 15 is 0 Å². The van der Waals surface area contributed by atoms with Crippen molar-refractivity contribution in [3.63, 3.8) is 0 Å². The number of rotatable bonds is 8. The first-order valence-electron chi connectivity index (χ1n) is 11.8. The molecule has 1 amide bonds. The summed E-state index contributed by atoms with van der Waals surface area (Å²) >= 11 is 0. The zero-order chi connectivity index (χ0) is 22.1. The third-order valence-corrected chi connectivity index (χ3v) is 6.46. The number of piperazine rings is 1. The van der Waals surface area contributed by atoms with Gasteiger partial charge in [-0.05, 0) is 36.7 Å². The fraction of sp³-hybridized carbons (Fsp3) is 0.739. The van der Waals surface area contributed by atoms with Crippen molar-refractivity contribution in [2.24, 2.45) is 16.3 Å². The van der Waals surface area contributed by atoms with Crippen LogP contribution in [0.4, 0.5) is 5.95 Å². The molecule has 180 valence electrons. The molecule has 1 aliphatic carbocycles. The van der Waals surface area contributed by atoms with E-state index in [1.165, 1.54) is 32.1 Å². The highest BCUT2D eigenvalue weighted by atomic mass is 127.